The lowest BCUT2D eigenvalue weighted by Crippen LogP contribution is -2.28. The van der Waals surface area contributed by atoms with Gasteiger partial charge >= 0.3 is 5.97 Å². The summed E-state index contributed by atoms with van der Waals surface area (Å²) in [6, 6.07) is 6.64. The van der Waals surface area contributed by atoms with E-state index < -0.39 is 5.97 Å². The van der Waals surface area contributed by atoms with E-state index in [0.717, 1.165) is 19.3 Å². The summed E-state index contributed by atoms with van der Waals surface area (Å²) in [5.74, 6) is -0.983. The molecule has 2 N–H and O–H groups in total. The Balaban J connectivity index is 1.82. The summed E-state index contributed by atoms with van der Waals surface area (Å²) in [4.78, 5) is 11.0. The van der Waals surface area contributed by atoms with Crippen molar-refractivity contribution in [3.63, 3.8) is 0 Å². The van der Waals surface area contributed by atoms with Gasteiger partial charge in [0.1, 0.15) is 5.82 Å². The van der Waals surface area contributed by atoms with Gasteiger partial charge in [-0.2, -0.15) is 0 Å². The van der Waals surface area contributed by atoms with Crippen LogP contribution in [0.15, 0.2) is 24.3 Å². The molecule has 0 aliphatic heterocycles. The van der Waals surface area contributed by atoms with Gasteiger partial charge in [-0.3, -0.25) is 4.79 Å². The van der Waals surface area contributed by atoms with E-state index in [2.05, 4.69) is 5.32 Å². The van der Waals surface area contributed by atoms with Crippen molar-refractivity contribution < 1.29 is 14.3 Å². The molecule has 1 saturated carbocycles. The van der Waals surface area contributed by atoms with Gasteiger partial charge < -0.3 is 10.4 Å². The van der Waals surface area contributed by atoms with Crippen molar-refractivity contribution in [1.29, 1.82) is 0 Å². The third-order valence-electron chi connectivity index (χ3n) is 3.66. The lowest BCUT2D eigenvalue weighted by atomic mass is 9.96. The van der Waals surface area contributed by atoms with Crippen LogP contribution in [0.3, 0.4) is 0 Å². The Kier molecular flexibility index (Phi) is 4.31. The third kappa shape index (κ3) is 3.07. The first-order chi connectivity index (χ1) is 8.68. The number of rotatable bonds is 5. The van der Waals surface area contributed by atoms with Gasteiger partial charge in [-0.25, -0.2) is 4.39 Å². The molecule has 1 aromatic rings. The van der Waals surface area contributed by atoms with Crippen LogP contribution in [0.4, 0.5) is 4.39 Å². The zero-order valence-electron chi connectivity index (χ0n) is 10.2. The predicted molar refractivity (Wildman–Crippen MR) is 66.6 cm³/mol. The van der Waals surface area contributed by atoms with Crippen LogP contribution in [-0.2, 0) is 11.3 Å². The van der Waals surface area contributed by atoms with E-state index in [1.807, 2.05) is 0 Å². The molecule has 0 spiro atoms. The molecule has 1 fully saturated rings. The van der Waals surface area contributed by atoms with Gasteiger partial charge in [0, 0.05) is 12.1 Å². The van der Waals surface area contributed by atoms with Crippen molar-refractivity contribution in [2.24, 2.45) is 11.8 Å². The smallest absolute Gasteiger partial charge is 0.306 e. The first kappa shape index (κ1) is 13.0. The topological polar surface area (TPSA) is 49.3 Å². The van der Waals surface area contributed by atoms with E-state index in [0.29, 0.717) is 18.7 Å². The SMILES string of the molecule is O=C(O)C1CCCC1CNCc1ccccc1F. The van der Waals surface area contributed by atoms with Crippen LogP contribution < -0.4 is 5.32 Å². The fourth-order valence-corrected chi connectivity index (χ4v) is 2.64. The summed E-state index contributed by atoms with van der Waals surface area (Å²) in [5, 5.41) is 12.2. The number of hydrogen-bond donors (Lipinski definition) is 2. The first-order valence-corrected chi connectivity index (χ1v) is 6.35. The van der Waals surface area contributed by atoms with Gasteiger partial charge in [-0.15, -0.1) is 0 Å². The average Bonchev–Trinajstić information content (AvgIpc) is 2.80. The minimum Gasteiger partial charge on any atom is -0.481 e. The highest BCUT2D eigenvalue weighted by molar-refractivity contribution is 5.70. The lowest BCUT2D eigenvalue weighted by Gasteiger charge is -2.16. The molecule has 0 heterocycles. The summed E-state index contributed by atoms with van der Waals surface area (Å²) in [6.45, 7) is 1.10. The largest absolute Gasteiger partial charge is 0.481 e. The van der Waals surface area contributed by atoms with Gasteiger partial charge in [0.15, 0.2) is 0 Å². The summed E-state index contributed by atoms with van der Waals surface area (Å²) in [5.41, 5.74) is 0.627. The summed E-state index contributed by atoms with van der Waals surface area (Å²) >= 11 is 0. The average molecular weight is 251 g/mol. The second kappa shape index (κ2) is 5.96. The fourth-order valence-electron chi connectivity index (χ4n) is 2.64. The van der Waals surface area contributed by atoms with Gasteiger partial charge in [0.2, 0.25) is 0 Å². The molecule has 0 radical (unpaired) electrons. The minimum absolute atomic E-state index is 0.175. The van der Waals surface area contributed by atoms with Crippen LogP contribution in [0.2, 0.25) is 0 Å². The van der Waals surface area contributed by atoms with Crippen LogP contribution in [0.25, 0.3) is 0 Å². The molecule has 3 nitrogen and oxygen atoms in total. The standard InChI is InChI=1S/C14H18FNO2/c15-13-7-2-1-4-11(13)9-16-8-10-5-3-6-12(10)14(17)18/h1-2,4,7,10,12,16H,3,5-6,8-9H2,(H,17,18). The van der Waals surface area contributed by atoms with E-state index in [1.54, 1.807) is 18.2 Å². The van der Waals surface area contributed by atoms with Crippen LogP contribution in [-0.4, -0.2) is 17.6 Å². The van der Waals surface area contributed by atoms with Crippen LogP contribution in [0.5, 0.6) is 0 Å². The number of carboxylic acid groups (broad SMARTS) is 1. The van der Waals surface area contributed by atoms with Crippen molar-refractivity contribution >= 4 is 5.97 Å². The zero-order chi connectivity index (χ0) is 13.0. The molecule has 18 heavy (non-hydrogen) atoms. The van der Waals surface area contributed by atoms with E-state index >= 15 is 0 Å². The number of aliphatic carboxylic acids is 1. The number of hydrogen-bond acceptors (Lipinski definition) is 2. The number of halogens is 1. The monoisotopic (exact) mass is 251 g/mol. The number of carbonyl (C=O) groups is 1. The van der Waals surface area contributed by atoms with E-state index in [1.165, 1.54) is 6.07 Å². The fraction of sp³-hybridized carbons (Fsp3) is 0.500. The first-order valence-electron chi connectivity index (χ1n) is 6.35. The Bertz CT molecular complexity index is 422. The maximum absolute atomic E-state index is 13.4. The molecule has 0 amide bonds. The van der Waals surface area contributed by atoms with Crippen molar-refractivity contribution in [2.75, 3.05) is 6.54 Å². The maximum atomic E-state index is 13.4. The molecular weight excluding hydrogens is 233 g/mol. The molecule has 0 aromatic heterocycles. The summed E-state index contributed by atoms with van der Waals surface area (Å²) < 4.78 is 13.4. The Labute approximate surface area is 106 Å². The second-order valence-corrected chi connectivity index (χ2v) is 4.86. The molecule has 0 bridgehead atoms. The Morgan fingerprint density at radius 1 is 1.39 bits per heavy atom. The van der Waals surface area contributed by atoms with Crippen molar-refractivity contribution in [1.82, 2.24) is 5.32 Å². The maximum Gasteiger partial charge on any atom is 0.306 e. The minimum atomic E-state index is -0.704. The zero-order valence-corrected chi connectivity index (χ0v) is 10.2. The van der Waals surface area contributed by atoms with E-state index in [-0.39, 0.29) is 17.7 Å². The highest BCUT2D eigenvalue weighted by atomic mass is 19.1. The second-order valence-electron chi connectivity index (χ2n) is 4.86. The molecule has 2 rings (SSSR count). The molecule has 1 aliphatic carbocycles. The molecular formula is C14H18FNO2. The summed E-state index contributed by atoms with van der Waals surface area (Å²) in [6.07, 6.45) is 2.69. The molecule has 2 unspecified atom stereocenters. The van der Waals surface area contributed by atoms with Gasteiger partial charge in [-0.1, -0.05) is 24.6 Å². The molecule has 1 aliphatic rings. The number of carboxylic acids is 1. The van der Waals surface area contributed by atoms with Crippen LogP contribution in [0.1, 0.15) is 24.8 Å². The normalized spacial score (nSPS) is 23.2. The highest BCUT2D eigenvalue weighted by Crippen LogP contribution is 2.31. The van der Waals surface area contributed by atoms with Crippen molar-refractivity contribution in [3.8, 4) is 0 Å². The number of nitrogens with one attached hydrogen (secondary N) is 1. The Morgan fingerprint density at radius 3 is 2.89 bits per heavy atom. The van der Waals surface area contributed by atoms with Gasteiger partial charge in [0.25, 0.3) is 0 Å². The third-order valence-corrected chi connectivity index (χ3v) is 3.66. The summed E-state index contributed by atoms with van der Waals surface area (Å²) in [7, 11) is 0. The molecule has 0 saturated heterocycles. The quantitative estimate of drug-likeness (QED) is 0.845. The lowest BCUT2D eigenvalue weighted by molar-refractivity contribution is -0.142. The van der Waals surface area contributed by atoms with Crippen LogP contribution in [0, 0.1) is 17.7 Å². The van der Waals surface area contributed by atoms with Gasteiger partial charge in [0.05, 0.1) is 5.92 Å². The Morgan fingerprint density at radius 2 is 2.17 bits per heavy atom. The van der Waals surface area contributed by atoms with Gasteiger partial charge in [-0.05, 0) is 31.4 Å². The highest BCUT2D eigenvalue weighted by Gasteiger charge is 2.32. The van der Waals surface area contributed by atoms with Crippen LogP contribution >= 0.6 is 0 Å². The molecule has 2 atom stereocenters. The van der Waals surface area contributed by atoms with Crippen molar-refractivity contribution in [2.45, 2.75) is 25.8 Å². The molecule has 98 valence electrons. The Hall–Kier alpha value is -1.42. The predicted octanol–water partition coefficient (Wildman–Crippen LogP) is 2.42. The van der Waals surface area contributed by atoms with Crippen molar-refractivity contribution in [3.05, 3.63) is 35.6 Å². The van der Waals surface area contributed by atoms with E-state index in [9.17, 15) is 9.18 Å². The molecule has 1 aromatic carbocycles. The molecule has 4 heteroatoms. The van der Waals surface area contributed by atoms with E-state index in [4.69, 9.17) is 5.11 Å². The number of benzene rings is 1.